The van der Waals surface area contributed by atoms with Crippen LogP contribution in [-0.4, -0.2) is 56.5 Å². The molecule has 34 heavy (non-hydrogen) atoms. The minimum atomic E-state index is -0.0378. The molecule has 0 spiro atoms. The second-order valence-corrected chi connectivity index (χ2v) is 9.61. The zero-order valence-electron chi connectivity index (χ0n) is 21.4. The van der Waals surface area contributed by atoms with Gasteiger partial charge in [0.05, 0.1) is 17.4 Å². The van der Waals surface area contributed by atoms with Crippen LogP contribution in [-0.2, 0) is 4.79 Å². The van der Waals surface area contributed by atoms with Crippen LogP contribution < -0.4 is 0 Å². The molecular formula is C28H39N5O. The first-order chi connectivity index (χ1) is 16.5. The van der Waals surface area contributed by atoms with Crippen LogP contribution in [0.4, 0.5) is 0 Å². The van der Waals surface area contributed by atoms with Gasteiger partial charge in [0.2, 0.25) is 0 Å². The van der Waals surface area contributed by atoms with Gasteiger partial charge in [-0.3, -0.25) is 9.79 Å². The maximum absolute atomic E-state index is 13.2. The summed E-state index contributed by atoms with van der Waals surface area (Å²) in [5.74, 6) is 0.454. The average molecular weight is 462 g/mol. The molecule has 5 rings (SSSR count). The molecule has 2 aromatic heterocycles. The van der Waals surface area contributed by atoms with Gasteiger partial charge in [0.15, 0.2) is 0 Å². The fraction of sp³-hybridized carbons (Fsp3) is 0.536. The smallest absolute Gasteiger partial charge is 0.251 e. The summed E-state index contributed by atoms with van der Waals surface area (Å²) in [6, 6.07) is 4.80. The van der Waals surface area contributed by atoms with Gasteiger partial charge in [-0.2, -0.15) is 0 Å². The van der Waals surface area contributed by atoms with E-state index in [1.54, 1.807) is 6.08 Å². The van der Waals surface area contributed by atoms with Crippen LogP contribution in [0.1, 0.15) is 71.1 Å². The molecule has 0 bridgehead atoms. The molecule has 182 valence electrons. The van der Waals surface area contributed by atoms with Crippen molar-refractivity contribution >= 4 is 23.3 Å². The lowest BCUT2D eigenvalue weighted by Gasteiger charge is -2.42. The van der Waals surface area contributed by atoms with Crippen LogP contribution in [0.5, 0.6) is 0 Å². The van der Waals surface area contributed by atoms with Crippen LogP contribution >= 0.6 is 0 Å². The number of likely N-dealkylation sites (tertiary alicyclic amines) is 1. The number of carbonyl (C=O) groups is 1. The zero-order valence-corrected chi connectivity index (χ0v) is 21.4. The molecule has 2 fully saturated rings. The first-order valence-corrected chi connectivity index (χ1v) is 12.9. The van der Waals surface area contributed by atoms with Crippen molar-refractivity contribution in [2.24, 2.45) is 10.9 Å². The van der Waals surface area contributed by atoms with Crippen molar-refractivity contribution in [3.8, 4) is 0 Å². The molecule has 1 unspecified atom stereocenters. The van der Waals surface area contributed by atoms with E-state index in [4.69, 9.17) is 4.99 Å². The molecule has 1 saturated heterocycles. The highest BCUT2D eigenvalue weighted by Gasteiger charge is 2.31. The molecule has 4 heterocycles. The van der Waals surface area contributed by atoms with Crippen LogP contribution in [0.25, 0.3) is 11.2 Å². The molecule has 6 nitrogen and oxygen atoms in total. The summed E-state index contributed by atoms with van der Waals surface area (Å²) in [6.45, 7) is 12.3. The van der Waals surface area contributed by atoms with Gasteiger partial charge in [-0.25, -0.2) is 4.98 Å². The summed E-state index contributed by atoms with van der Waals surface area (Å²) in [4.78, 5) is 26.9. The number of aryl methyl sites for hydroxylation is 1. The van der Waals surface area contributed by atoms with Crippen molar-refractivity contribution in [2.75, 3.05) is 13.1 Å². The second kappa shape index (κ2) is 10.7. The van der Waals surface area contributed by atoms with Crippen molar-refractivity contribution in [2.45, 2.75) is 78.8 Å². The minimum absolute atomic E-state index is 0.00691. The van der Waals surface area contributed by atoms with Gasteiger partial charge in [0.25, 0.3) is 5.91 Å². The summed E-state index contributed by atoms with van der Waals surface area (Å²) in [7, 11) is 0. The second-order valence-electron chi connectivity index (χ2n) is 9.61. The third-order valence-corrected chi connectivity index (χ3v) is 7.31. The molecule has 2 aliphatic heterocycles. The topological polar surface area (TPSA) is 53.2 Å². The molecule has 2 aromatic rings. The lowest BCUT2D eigenvalue weighted by atomic mass is 9.87. The van der Waals surface area contributed by atoms with Crippen molar-refractivity contribution in [1.29, 1.82) is 0 Å². The highest BCUT2D eigenvalue weighted by molar-refractivity contribution is 5.97. The summed E-state index contributed by atoms with van der Waals surface area (Å²) >= 11 is 0. The Labute approximate surface area is 204 Å². The first kappa shape index (κ1) is 24.4. The lowest BCUT2D eigenvalue weighted by molar-refractivity contribution is -0.124. The average Bonchev–Trinajstić information content (AvgIpc) is 3.19. The fourth-order valence-electron chi connectivity index (χ4n) is 5.04. The van der Waals surface area contributed by atoms with E-state index in [0.29, 0.717) is 5.92 Å². The Bertz CT molecular complexity index is 1100. The maximum atomic E-state index is 13.2. The number of aromatic nitrogens is 2. The van der Waals surface area contributed by atoms with E-state index < -0.39 is 0 Å². The van der Waals surface area contributed by atoms with E-state index in [1.165, 1.54) is 19.3 Å². The normalized spacial score (nSPS) is 22.3. The molecule has 1 saturated carbocycles. The standard InChI is InChI=1S/C26H33N5O.C2H6/c1-18(22-7-8-25-28-19(2)15-30(25)16-22)13-26(32)31-17-24(27-14-20(31)3)21-9-11-29(12-10-21)23-5-4-6-23;1-2/h7-8,13-17,20-21,23H,4-6,9-12H2,1-3H3;1-2H3/b18-13+;. The Morgan fingerprint density at radius 2 is 1.82 bits per heavy atom. The van der Waals surface area contributed by atoms with Crippen LogP contribution in [0.3, 0.4) is 0 Å². The summed E-state index contributed by atoms with van der Waals surface area (Å²) in [5.41, 5.74) is 4.93. The number of imidazole rings is 1. The Morgan fingerprint density at radius 3 is 2.50 bits per heavy atom. The largest absolute Gasteiger partial charge is 0.306 e. The van der Waals surface area contributed by atoms with Crippen molar-refractivity contribution in [3.63, 3.8) is 0 Å². The monoisotopic (exact) mass is 461 g/mol. The summed E-state index contributed by atoms with van der Waals surface area (Å²) in [5, 5.41) is 0. The van der Waals surface area contributed by atoms with E-state index in [2.05, 4.69) is 9.88 Å². The van der Waals surface area contributed by atoms with Gasteiger partial charge in [-0.15, -0.1) is 0 Å². The highest BCUT2D eigenvalue weighted by Crippen LogP contribution is 2.33. The molecule has 6 heteroatoms. The number of hydrogen-bond acceptors (Lipinski definition) is 4. The van der Waals surface area contributed by atoms with Gasteiger partial charge in [-0.05, 0) is 82.8 Å². The van der Waals surface area contributed by atoms with Gasteiger partial charge in [0, 0.05) is 42.8 Å². The van der Waals surface area contributed by atoms with Crippen LogP contribution in [0, 0.1) is 12.8 Å². The number of amides is 1. The maximum Gasteiger partial charge on any atom is 0.251 e. The van der Waals surface area contributed by atoms with E-state index in [-0.39, 0.29) is 11.9 Å². The number of aliphatic imine (C=N–C) groups is 1. The Balaban J connectivity index is 0.00000133. The van der Waals surface area contributed by atoms with Crippen molar-refractivity contribution in [1.82, 2.24) is 19.2 Å². The fourth-order valence-corrected chi connectivity index (χ4v) is 5.04. The third-order valence-electron chi connectivity index (χ3n) is 7.31. The molecule has 0 aromatic carbocycles. The van der Waals surface area contributed by atoms with Gasteiger partial charge >= 0.3 is 0 Å². The predicted octanol–water partition coefficient (Wildman–Crippen LogP) is 5.48. The number of nitrogens with zero attached hydrogens (tertiary/aromatic N) is 5. The van der Waals surface area contributed by atoms with Gasteiger partial charge in [-0.1, -0.05) is 20.3 Å². The summed E-state index contributed by atoms with van der Waals surface area (Å²) < 4.78 is 2.01. The molecule has 0 radical (unpaired) electrons. The molecule has 1 atom stereocenters. The third kappa shape index (κ3) is 5.17. The number of piperidine rings is 1. The highest BCUT2D eigenvalue weighted by atomic mass is 16.2. The minimum Gasteiger partial charge on any atom is -0.306 e. The number of fused-ring (bicyclic) bond motifs is 1. The number of hydrogen-bond donors (Lipinski definition) is 0. The molecule has 1 amide bonds. The van der Waals surface area contributed by atoms with Gasteiger partial charge < -0.3 is 14.2 Å². The molecular weight excluding hydrogens is 422 g/mol. The van der Waals surface area contributed by atoms with Crippen molar-refractivity contribution in [3.05, 3.63) is 53.8 Å². The number of allylic oxidation sites excluding steroid dienone is 2. The quantitative estimate of drug-likeness (QED) is 0.567. The van der Waals surface area contributed by atoms with E-state index in [0.717, 1.165) is 60.1 Å². The van der Waals surface area contributed by atoms with E-state index >= 15 is 0 Å². The SMILES string of the molecule is C/C(=C\C(=O)N1C=C(C2CCN(C3CCC3)CC2)N=CC1C)c1ccc2nc(C)cn2c1.CC. The van der Waals surface area contributed by atoms with E-state index in [1.807, 2.05) is 80.9 Å². The molecule has 1 aliphatic carbocycles. The van der Waals surface area contributed by atoms with Gasteiger partial charge in [0.1, 0.15) is 5.65 Å². The van der Waals surface area contributed by atoms with Crippen LogP contribution in [0.15, 0.2) is 47.5 Å². The number of carbonyl (C=O) groups excluding carboxylic acids is 1. The molecule has 3 aliphatic rings. The zero-order chi connectivity index (χ0) is 24.2. The molecule has 0 N–H and O–H groups in total. The number of rotatable bonds is 4. The lowest BCUT2D eigenvalue weighted by Crippen LogP contribution is -2.45. The predicted molar refractivity (Wildman–Crippen MR) is 140 cm³/mol. The Kier molecular flexibility index (Phi) is 7.67. The summed E-state index contributed by atoms with van der Waals surface area (Å²) in [6.07, 6.45) is 16.1. The van der Waals surface area contributed by atoms with Crippen LogP contribution in [0.2, 0.25) is 0 Å². The van der Waals surface area contributed by atoms with Crippen molar-refractivity contribution < 1.29 is 4.79 Å². The Hall–Kier alpha value is -2.73. The van der Waals surface area contributed by atoms with E-state index in [9.17, 15) is 4.79 Å². The first-order valence-electron chi connectivity index (χ1n) is 12.9. The Morgan fingerprint density at radius 1 is 1.09 bits per heavy atom. The number of pyridine rings is 1.